The molecule has 0 spiro atoms. The molecule has 3 rings (SSSR count). The number of piperidine rings is 1. The summed E-state index contributed by atoms with van der Waals surface area (Å²) in [5, 5.41) is 0. The van der Waals surface area contributed by atoms with Crippen molar-refractivity contribution in [2.75, 3.05) is 38.7 Å². The maximum absolute atomic E-state index is 12.5. The number of amides is 1. The van der Waals surface area contributed by atoms with Crippen LogP contribution in [0.1, 0.15) is 18.4 Å². The molecule has 1 aromatic heterocycles. The minimum atomic E-state index is 0.154. The zero-order valence-electron chi connectivity index (χ0n) is 15.5. The van der Waals surface area contributed by atoms with Crippen LogP contribution in [0.3, 0.4) is 0 Å². The molecule has 1 aliphatic rings. The Labute approximate surface area is 154 Å². The summed E-state index contributed by atoms with van der Waals surface area (Å²) in [6.45, 7) is 1.99. The molecule has 1 aliphatic heterocycles. The summed E-state index contributed by atoms with van der Waals surface area (Å²) in [7, 11) is 3.56. The van der Waals surface area contributed by atoms with Gasteiger partial charge < -0.3 is 14.5 Å². The van der Waals surface area contributed by atoms with Crippen LogP contribution in [0.2, 0.25) is 0 Å². The molecule has 6 nitrogen and oxygen atoms in total. The predicted molar refractivity (Wildman–Crippen MR) is 101 cm³/mol. The number of ether oxygens (including phenoxy) is 1. The van der Waals surface area contributed by atoms with Gasteiger partial charge in [-0.25, -0.2) is 4.98 Å². The molecule has 0 N–H and O–H groups in total. The third kappa shape index (κ3) is 4.71. The highest BCUT2D eigenvalue weighted by atomic mass is 16.5. The lowest BCUT2D eigenvalue weighted by Crippen LogP contribution is -2.43. The Morgan fingerprint density at radius 3 is 2.58 bits per heavy atom. The van der Waals surface area contributed by atoms with Gasteiger partial charge in [0.15, 0.2) is 0 Å². The maximum atomic E-state index is 12.5. The van der Waals surface area contributed by atoms with Crippen molar-refractivity contribution in [1.29, 1.82) is 0 Å². The summed E-state index contributed by atoms with van der Waals surface area (Å²) in [5.74, 6) is 2.39. The van der Waals surface area contributed by atoms with E-state index in [1.165, 1.54) is 5.56 Å². The van der Waals surface area contributed by atoms with Crippen LogP contribution in [0.15, 0.2) is 42.9 Å². The quantitative estimate of drug-likeness (QED) is 0.797. The van der Waals surface area contributed by atoms with E-state index in [0.29, 0.717) is 12.5 Å². The monoisotopic (exact) mass is 354 g/mol. The number of nitrogens with zero attached hydrogens (tertiary/aromatic N) is 4. The first-order valence-corrected chi connectivity index (χ1v) is 9.03. The topological polar surface area (TPSA) is 58.6 Å². The van der Waals surface area contributed by atoms with E-state index in [4.69, 9.17) is 4.74 Å². The average molecular weight is 354 g/mol. The van der Waals surface area contributed by atoms with Gasteiger partial charge in [-0.3, -0.25) is 9.78 Å². The highest BCUT2D eigenvalue weighted by molar-refractivity contribution is 5.81. The van der Waals surface area contributed by atoms with Crippen molar-refractivity contribution in [3.63, 3.8) is 0 Å². The molecule has 0 aliphatic carbocycles. The Morgan fingerprint density at radius 1 is 1.23 bits per heavy atom. The van der Waals surface area contributed by atoms with Crippen molar-refractivity contribution < 1.29 is 9.53 Å². The lowest BCUT2D eigenvalue weighted by molar-refractivity contribution is -0.131. The summed E-state index contributed by atoms with van der Waals surface area (Å²) >= 11 is 0. The molecule has 0 saturated carbocycles. The first-order valence-electron chi connectivity index (χ1n) is 9.03. The fourth-order valence-corrected chi connectivity index (χ4v) is 3.35. The number of rotatable bonds is 6. The molecule has 0 bridgehead atoms. The van der Waals surface area contributed by atoms with Crippen molar-refractivity contribution >= 4 is 11.7 Å². The van der Waals surface area contributed by atoms with Gasteiger partial charge in [0.25, 0.3) is 0 Å². The Kier molecular flexibility index (Phi) is 6.04. The fourth-order valence-electron chi connectivity index (χ4n) is 3.35. The number of methoxy groups -OCH3 is 1. The van der Waals surface area contributed by atoms with Crippen molar-refractivity contribution in [1.82, 2.24) is 14.9 Å². The van der Waals surface area contributed by atoms with Gasteiger partial charge in [0.2, 0.25) is 5.91 Å². The van der Waals surface area contributed by atoms with E-state index in [1.807, 2.05) is 29.0 Å². The number of aromatic nitrogens is 2. The molecule has 1 saturated heterocycles. The predicted octanol–water partition coefficient (Wildman–Crippen LogP) is 2.40. The first kappa shape index (κ1) is 18.2. The zero-order valence-corrected chi connectivity index (χ0v) is 15.5. The number of carbonyl (C=O) groups is 1. The van der Waals surface area contributed by atoms with Crippen LogP contribution in [0.25, 0.3) is 0 Å². The summed E-state index contributed by atoms with van der Waals surface area (Å²) in [5.41, 5.74) is 1.33. The Balaban J connectivity index is 1.46. The van der Waals surface area contributed by atoms with Crippen LogP contribution in [-0.4, -0.2) is 54.6 Å². The second-order valence-electron chi connectivity index (χ2n) is 6.80. The lowest BCUT2D eigenvalue weighted by Gasteiger charge is -2.33. The Hall–Kier alpha value is -2.63. The van der Waals surface area contributed by atoms with E-state index in [2.05, 4.69) is 22.1 Å². The Bertz CT molecular complexity index is 698. The molecule has 1 amide bonds. The van der Waals surface area contributed by atoms with E-state index >= 15 is 0 Å². The van der Waals surface area contributed by atoms with Crippen LogP contribution in [0.5, 0.6) is 5.75 Å². The van der Waals surface area contributed by atoms with Gasteiger partial charge in [-0.05, 0) is 42.9 Å². The van der Waals surface area contributed by atoms with Crippen LogP contribution in [0, 0.1) is 5.92 Å². The van der Waals surface area contributed by atoms with Gasteiger partial charge in [0, 0.05) is 32.5 Å². The molecule has 0 atom stereocenters. The average Bonchev–Trinajstić information content (AvgIpc) is 2.69. The molecule has 0 unspecified atom stereocenters. The van der Waals surface area contributed by atoms with Gasteiger partial charge in [0.05, 0.1) is 19.9 Å². The summed E-state index contributed by atoms with van der Waals surface area (Å²) in [6.07, 6.45) is 8.10. The highest BCUT2D eigenvalue weighted by Gasteiger charge is 2.23. The fraction of sp³-hybridized carbons (Fsp3) is 0.450. The normalized spacial score (nSPS) is 14.9. The second-order valence-corrected chi connectivity index (χ2v) is 6.80. The second kappa shape index (κ2) is 8.65. The van der Waals surface area contributed by atoms with E-state index in [1.54, 1.807) is 25.7 Å². The lowest BCUT2D eigenvalue weighted by atomic mass is 9.90. The summed E-state index contributed by atoms with van der Waals surface area (Å²) in [4.78, 5) is 24.6. The van der Waals surface area contributed by atoms with Crippen LogP contribution >= 0.6 is 0 Å². The number of benzene rings is 1. The first-order chi connectivity index (χ1) is 12.7. The number of hydrogen-bond donors (Lipinski definition) is 0. The molecule has 138 valence electrons. The summed E-state index contributed by atoms with van der Waals surface area (Å²) in [6, 6.07) is 8.28. The molecule has 6 heteroatoms. The zero-order chi connectivity index (χ0) is 18.4. The maximum Gasteiger partial charge on any atom is 0.242 e. The minimum absolute atomic E-state index is 0.154. The van der Waals surface area contributed by atoms with Crippen molar-refractivity contribution in [2.45, 2.75) is 19.3 Å². The van der Waals surface area contributed by atoms with Crippen molar-refractivity contribution in [3.8, 4) is 5.75 Å². The third-order valence-electron chi connectivity index (χ3n) is 4.96. The van der Waals surface area contributed by atoms with Crippen molar-refractivity contribution in [2.24, 2.45) is 5.92 Å². The van der Waals surface area contributed by atoms with E-state index in [-0.39, 0.29) is 5.91 Å². The Morgan fingerprint density at radius 2 is 1.96 bits per heavy atom. The SMILES string of the molecule is COc1ccc(CC2CCN(C(=O)CN(C)c3cnccn3)CC2)cc1. The minimum Gasteiger partial charge on any atom is -0.497 e. The summed E-state index contributed by atoms with van der Waals surface area (Å²) < 4.78 is 5.21. The molecule has 2 aromatic rings. The number of carbonyl (C=O) groups excluding carboxylic acids is 1. The standard InChI is InChI=1S/C20H26N4O2/c1-23(19-14-21-9-10-22-19)15-20(25)24-11-7-17(8-12-24)13-16-3-5-18(26-2)6-4-16/h3-6,9-10,14,17H,7-8,11-13,15H2,1-2H3. The van der Waals surface area contributed by atoms with Crippen LogP contribution in [-0.2, 0) is 11.2 Å². The molecular formula is C20H26N4O2. The number of likely N-dealkylation sites (tertiary alicyclic amines) is 1. The molecule has 2 heterocycles. The number of hydrogen-bond acceptors (Lipinski definition) is 5. The third-order valence-corrected chi connectivity index (χ3v) is 4.96. The molecule has 1 aromatic carbocycles. The highest BCUT2D eigenvalue weighted by Crippen LogP contribution is 2.23. The largest absolute Gasteiger partial charge is 0.497 e. The van der Waals surface area contributed by atoms with Crippen LogP contribution in [0.4, 0.5) is 5.82 Å². The van der Waals surface area contributed by atoms with Crippen LogP contribution < -0.4 is 9.64 Å². The molecule has 1 fully saturated rings. The van der Waals surface area contributed by atoms with Gasteiger partial charge >= 0.3 is 0 Å². The molecular weight excluding hydrogens is 328 g/mol. The number of likely N-dealkylation sites (N-methyl/N-ethyl adjacent to an activating group) is 1. The van der Waals surface area contributed by atoms with E-state index < -0.39 is 0 Å². The van der Waals surface area contributed by atoms with Gasteiger partial charge in [-0.2, -0.15) is 0 Å². The van der Waals surface area contributed by atoms with Gasteiger partial charge in [-0.15, -0.1) is 0 Å². The van der Waals surface area contributed by atoms with E-state index in [9.17, 15) is 4.79 Å². The number of anilines is 1. The van der Waals surface area contributed by atoms with E-state index in [0.717, 1.165) is 43.9 Å². The molecule has 0 radical (unpaired) electrons. The van der Waals surface area contributed by atoms with Gasteiger partial charge in [0.1, 0.15) is 11.6 Å². The van der Waals surface area contributed by atoms with Crippen molar-refractivity contribution in [3.05, 3.63) is 48.4 Å². The molecule has 26 heavy (non-hydrogen) atoms. The van der Waals surface area contributed by atoms with Gasteiger partial charge in [-0.1, -0.05) is 12.1 Å². The smallest absolute Gasteiger partial charge is 0.242 e.